The molecule has 66 valence electrons. The first kappa shape index (κ1) is 9.38. The van der Waals surface area contributed by atoms with Gasteiger partial charge in [-0.25, -0.2) is 4.98 Å². The molecule has 0 fully saturated rings. The minimum atomic E-state index is -0.550. The van der Waals surface area contributed by atoms with Crippen molar-refractivity contribution in [1.29, 1.82) is 0 Å². The van der Waals surface area contributed by atoms with Gasteiger partial charge in [0.15, 0.2) is 5.15 Å². The zero-order chi connectivity index (χ0) is 8.97. The summed E-state index contributed by atoms with van der Waals surface area (Å²) in [6, 6.07) is 0. The highest BCUT2D eigenvalue weighted by molar-refractivity contribution is 6.30. The summed E-state index contributed by atoms with van der Waals surface area (Å²) in [5.41, 5.74) is 0.490. The molecule has 0 saturated carbocycles. The molecule has 0 unspecified atom stereocenters. The summed E-state index contributed by atoms with van der Waals surface area (Å²) in [7, 11) is 3.03. The summed E-state index contributed by atoms with van der Waals surface area (Å²) < 4.78 is 9.91. The number of rotatable bonds is 3. The lowest BCUT2D eigenvalue weighted by molar-refractivity contribution is -0.108. The predicted molar refractivity (Wildman–Crippen MR) is 43.8 cm³/mol. The molecule has 0 N–H and O–H groups in total. The second-order valence-corrected chi connectivity index (χ2v) is 2.39. The van der Waals surface area contributed by atoms with Crippen LogP contribution in [0.1, 0.15) is 12.0 Å². The van der Waals surface area contributed by atoms with Gasteiger partial charge in [0, 0.05) is 26.6 Å². The van der Waals surface area contributed by atoms with Crippen molar-refractivity contribution in [3.63, 3.8) is 0 Å². The van der Waals surface area contributed by atoms with Crippen LogP contribution in [0.2, 0.25) is 5.15 Å². The molecular formula is C7H9ClN2O2. The van der Waals surface area contributed by atoms with Gasteiger partial charge >= 0.3 is 0 Å². The molecule has 0 radical (unpaired) electrons. The smallest absolute Gasteiger partial charge is 0.203 e. The van der Waals surface area contributed by atoms with Crippen molar-refractivity contribution < 1.29 is 9.47 Å². The Hall–Kier alpha value is -0.710. The van der Waals surface area contributed by atoms with E-state index in [2.05, 4.69) is 9.97 Å². The van der Waals surface area contributed by atoms with Crippen LogP contribution in [0, 0.1) is 0 Å². The van der Waals surface area contributed by atoms with Crippen molar-refractivity contribution in [2.24, 2.45) is 0 Å². The van der Waals surface area contributed by atoms with E-state index in [9.17, 15) is 0 Å². The average molecular weight is 189 g/mol. The molecule has 0 saturated heterocycles. The molecule has 1 rings (SSSR count). The zero-order valence-electron chi connectivity index (χ0n) is 6.82. The molecule has 0 atom stereocenters. The Labute approximate surface area is 75.5 Å². The van der Waals surface area contributed by atoms with Crippen LogP contribution >= 0.6 is 11.6 Å². The fraction of sp³-hybridized carbons (Fsp3) is 0.429. The zero-order valence-corrected chi connectivity index (χ0v) is 7.58. The van der Waals surface area contributed by atoms with Crippen molar-refractivity contribution in [1.82, 2.24) is 9.97 Å². The topological polar surface area (TPSA) is 44.2 Å². The van der Waals surface area contributed by atoms with Crippen LogP contribution < -0.4 is 0 Å². The molecule has 0 bridgehead atoms. The summed E-state index contributed by atoms with van der Waals surface area (Å²) in [5, 5.41) is 0.297. The van der Waals surface area contributed by atoms with Gasteiger partial charge in [0.25, 0.3) is 0 Å². The maximum absolute atomic E-state index is 5.74. The molecule has 12 heavy (non-hydrogen) atoms. The van der Waals surface area contributed by atoms with Crippen LogP contribution in [0.15, 0.2) is 12.4 Å². The number of methoxy groups -OCH3 is 2. The van der Waals surface area contributed by atoms with Gasteiger partial charge in [-0.1, -0.05) is 11.6 Å². The maximum atomic E-state index is 5.74. The van der Waals surface area contributed by atoms with Crippen LogP contribution in [0.25, 0.3) is 0 Å². The molecule has 1 aromatic rings. The number of hydrogen-bond donors (Lipinski definition) is 0. The molecule has 1 heterocycles. The molecule has 5 heteroatoms. The molecule has 0 aliphatic heterocycles. The summed E-state index contributed by atoms with van der Waals surface area (Å²) in [6.45, 7) is 0. The minimum Gasteiger partial charge on any atom is -0.350 e. The van der Waals surface area contributed by atoms with Crippen molar-refractivity contribution in [3.8, 4) is 0 Å². The van der Waals surface area contributed by atoms with E-state index in [0.29, 0.717) is 10.8 Å². The number of halogens is 1. The highest BCUT2D eigenvalue weighted by Gasteiger charge is 2.14. The fourth-order valence-corrected chi connectivity index (χ4v) is 1.00. The van der Waals surface area contributed by atoms with Crippen LogP contribution in [0.4, 0.5) is 0 Å². The van der Waals surface area contributed by atoms with E-state index >= 15 is 0 Å². The van der Waals surface area contributed by atoms with Crippen molar-refractivity contribution in [2.45, 2.75) is 6.29 Å². The number of nitrogens with zero attached hydrogens (tertiary/aromatic N) is 2. The van der Waals surface area contributed by atoms with Crippen LogP contribution in [0.5, 0.6) is 0 Å². The molecule has 1 aromatic heterocycles. The largest absolute Gasteiger partial charge is 0.350 e. The lowest BCUT2D eigenvalue weighted by atomic mass is 10.4. The molecule has 0 aliphatic rings. The maximum Gasteiger partial charge on any atom is 0.203 e. The first-order valence-electron chi connectivity index (χ1n) is 3.31. The number of hydrogen-bond acceptors (Lipinski definition) is 4. The highest BCUT2D eigenvalue weighted by Crippen LogP contribution is 2.20. The Kier molecular flexibility index (Phi) is 3.40. The van der Waals surface area contributed by atoms with E-state index < -0.39 is 6.29 Å². The van der Waals surface area contributed by atoms with E-state index in [4.69, 9.17) is 21.1 Å². The van der Waals surface area contributed by atoms with Crippen LogP contribution in [-0.2, 0) is 9.47 Å². The minimum absolute atomic E-state index is 0.297. The first-order valence-corrected chi connectivity index (χ1v) is 3.69. The van der Waals surface area contributed by atoms with Gasteiger partial charge in [0.2, 0.25) is 6.29 Å². The van der Waals surface area contributed by atoms with Crippen molar-refractivity contribution in [2.75, 3.05) is 14.2 Å². The monoisotopic (exact) mass is 188 g/mol. The Balaban J connectivity index is 2.92. The standard InChI is InChI=1S/C7H9ClN2O2/c1-11-7(12-2)5-6(8)10-4-3-9-5/h3-4,7H,1-2H3. The number of ether oxygens (including phenoxy) is 2. The number of aromatic nitrogens is 2. The van der Waals surface area contributed by atoms with Crippen LogP contribution in [0.3, 0.4) is 0 Å². The SMILES string of the molecule is COC(OC)c1nccnc1Cl. The molecule has 0 amide bonds. The highest BCUT2D eigenvalue weighted by atomic mass is 35.5. The third kappa shape index (κ3) is 1.91. The van der Waals surface area contributed by atoms with Gasteiger partial charge in [-0.2, -0.15) is 0 Å². The molecule has 0 spiro atoms. The van der Waals surface area contributed by atoms with Crippen molar-refractivity contribution in [3.05, 3.63) is 23.2 Å². The van der Waals surface area contributed by atoms with Crippen molar-refractivity contribution >= 4 is 11.6 Å². The fourth-order valence-electron chi connectivity index (χ4n) is 0.809. The third-order valence-corrected chi connectivity index (χ3v) is 1.62. The van der Waals surface area contributed by atoms with E-state index in [-0.39, 0.29) is 0 Å². The molecule has 0 aliphatic carbocycles. The van der Waals surface area contributed by atoms with Gasteiger partial charge in [-0.05, 0) is 0 Å². The summed E-state index contributed by atoms with van der Waals surface area (Å²) in [6.07, 6.45) is 2.49. The van der Waals surface area contributed by atoms with Gasteiger partial charge < -0.3 is 9.47 Å². The normalized spacial score (nSPS) is 10.7. The van der Waals surface area contributed by atoms with E-state index in [0.717, 1.165) is 0 Å². The first-order chi connectivity index (χ1) is 5.79. The van der Waals surface area contributed by atoms with E-state index in [1.165, 1.54) is 26.6 Å². The lowest BCUT2D eigenvalue weighted by Gasteiger charge is -2.12. The molecule has 4 nitrogen and oxygen atoms in total. The predicted octanol–water partition coefficient (Wildman–Crippen LogP) is 1.42. The average Bonchev–Trinajstić information content (AvgIpc) is 2.10. The van der Waals surface area contributed by atoms with Gasteiger partial charge in [0.05, 0.1) is 0 Å². The van der Waals surface area contributed by atoms with Gasteiger partial charge in [-0.3, -0.25) is 4.98 Å². The Morgan fingerprint density at radius 2 is 1.83 bits per heavy atom. The Morgan fingerprint density at radius 3 is 2.33 bits per heavy atom. The van der Waals surface area contributed by atoms with E-state index in [1.807, 2.05) is 0 Å². The quantitative estimate of drug-likeness (QED) is 0.673. The Morgan fingerprint density at radius 1 is 1.25 bits per heavy atom. The van der Waals surface area contributed by atoms with Gasteiger partial charge in [-0.15, -0.1) is 0 Å². The van der Waals surface area contributed by atoms with Crippen LogP contribution in [-0.4, -0.2) is 24.2 Å². The van der Waals surface area contributed by atoms with E-state index in [1.54, 1.807) is 0 Å². The Bertz CT molecular complexity index is 253. The third-order valence-electron chi connectivity index (χ3n) is 1.33. The summed E-state index contributed by atoms with van der Waals surface area (Å²) in [4.78, 5) is 7.81. The second kappa shape index (κ2) is 4.35. The van der Waals surface area contributed by atoms with Gasteiger partial charge in [0.1, 0.15) is 5.69 Å². The summed E-state index contributed by atoms with van der Waals surface area (Å²) in [5.74, 6) is 0. The molecular weight excluding hydrogens is 180 g/mol. The molecule has 0 aromatic carbocycles. The second-order valence-electron chi connectivity index (χ2n) is 2.04. The summed E-state index contributed by atoms with van der Waals surface area (Å²) >= 11 is 5.74. The lowest BCUT2D eigenvalue weighted by Crippen LogP contribution is -2.07.